The topological polar surface area (TPSA) is 66.5 Å². The molecule has 0 unspecified atom stereocenters. The predicted octanol–water partition coefficient (Wildman–Crippen LogP) is 6.03. The van der Waals surface area contributed by atoms with Crippen molar-refractivity contribution in [2.45, 2.75) is 65.5 Å². The monoisotopic (exact) mass is 504 g/mol. The van der Waals surface area contributed by atoms with Gasteiger partial charge in [-0.25, -0.2) is 8.42 Å². The first-order valence-corrected chi connectivity index (χ1v) is 14.6. The summed E-state index contributed by atoms with van der Waals surface area (Å²) >= 11 is 0. The van der Waals surface area contributed by atoms with Crippen LogP contribution in [0.2, 0.25) is 0 Å². The van der Waals surface area contributed by atoms with Gasteiger partial charge in [0.25, 0.3) is 5.91 Å². The SMILES string of the molecule is CC[C@@H](NC(=O)c1ccc(CN(c2cc(C)ccc2C)S(C)(=O)=O)cc1)c1ccc2c(c1)CCCC2. The highest BCUT2D eigenvalue weighted by Gasteiger charge is 2.21. The van der Waals surface area contributed by atoms with E-state index in [9.17, 15) is 13.2 Å². The number of nitrogens with zero attached hydrogens (tertiary/aromatic N) is 1. The second-order valence-corrected chi connectivity index (χ2v) is 11.8. The van der Waals surface area contributed by atoms with Crippen LogP contribution in [0.3, 0.4) is 0 Å². The number of hydrogen-bond donors (Lipinski definition) is 1. The summed E-state index contributed by atoms with van der Waals surface area (Å²) in [5.74, 6) is -0.124. The third-order valence-electron chi connectivity index (χ3n) is 7.06. The smallest absolute Gasteiger partial charge is 0.251 e. The van der Waals surface area contributed by atoms with Crippen molar-refractivity contribution in [1.82, 2.24) is 5.32 Å². The minimum absolute atomic E-state index is 0.0468. The average Bonchev–Trinajstić information content (AvgIpc) is 2.86. The maximum atomic E-state index is 13.1. The molecule has 4 rings (SSSR count). The van der Waals surface area contributed by atoms with E-state index in [0.29, 0.717) is 11.3 Å². The lowest BCUT2D eigenvalue weighted by Gasteiger charge is -2.25. The lowest BCUT2D eigenvalue weighted by Crippen LogP contribution is -2.30. The second kappa shape index (κ2) is 10.9. The minimum atomic E-state index is -3.48. The van der Waals surface area contributed by atoms with Crippen LogP contribution in [0.5, 0.6) is 0 Å². The molecular formula is C30H36N2O3S. The Morgan fingerprint density at radius 2 is 1.64 bits per heavy atom. The molecule has 1 amide bonds. The second-order valence-electron chi connectivity index (χ2n) is 9.93. The van der Waals surface area contributed by atoms with Gasteiger partial charge < -0.3 is 5.32 Å². The summed E-state index contributed by atoms with van der Waals surface area (Å²) in [5.41, 5.74) is 7.96. The van der Waals surface area contributed by atoms with Gasteiger partial charge in [-0.1, -0.05) is 49.4 Å². The molecule has 0 aliphatic heterocycles. The molecular weight excluding hydrogens is 468 g/mol. The molecule has 3 aromatic rings. The van der Waals surface area contributed by atoms with E-state index in [2.05, 4.69) is 30.4 Å². The van der Waals surface area contributed by atoms with Crippen LogP contribution in [-0.2, 0) is 29.4 Å². The number of sulfonamides is 1. The highest BCUT2D eigenvalue weighted by Crippen LogP contribution is 2.28. The van der Waals surface area contributed by atoms with Crippen LogP contribution < -0.4 is 9.62 Å². The first-order valence-electron chi connectivity index (χ1n) is 12.7. The zero-order valence-electron chi connectivity index (χ0n) is 21.7. The third kappa shape index (κ3) is 5.98. The van der Waals surface area contributed by atoms with Gasteiger partial charge in [-0.05, 0) is 97.5 Å². The molecule has 190 valence electrons. The Kier molecular flexibility index (Phi) is 7.84. The molecule has 5 nitrogen and oxygen atoms in total. The first kappa shape index (κ1) is 26.0. The van der Waals surface area contributed by atoms with Crippen molar-refractivity contribution in [2.75, 3.05) is 10.6 Å². The van der Waals surface area contributed by atoms with E-state index < -0.39 is 10.0 Å². The van der Waals surface area contributed by atoms with Gasteiger partial charge in [0.2, 0.25) is 10.0 Å². The van der Waals surface area contributed by atoms with Crippen molar-refractivity contribution in [2.24, 2.45) is 0 Å². The van der Waals surface area contributed by atoms with Crippen LogP contribution in [0.4, 0.5) is 5.69 Å². The Morgan fingerprint density at radius 1 is 0.944 bits per heavy atom. The number of aryl methyl sites for hydroxylation is 4. The number of carbonyl (C=O) groups excluding carboxylic acids is 1. The van der Waals surface area contributed by atoms with Crippen molar-refractivity contribution in [3.8, 4) is 0 Å². The summed E-state index contributed by atoms with van der Waals surface area (Å²) < 4.78 is 26.7. The maximum Gasteiger partial charge on any atom is 0.251 e. The van der Waals surface area contributed by atoms with Crippen molar-refractivity contribution < 1.29 is 13.2 Å². The molecule has 0 aromatic heterocycles. The Hall–Kier alpha value is -3.12. The zero-order valence-corrected chi connectivity index (χ0v) is 22.5. The summed E-state index contributed by atoms with van der Waals surface area (Å²) in [4.78, 5) is 13.1. The van der Waals surface area contributed by atoms with Gasteiger partial charge in [0.15, 0.2) is 0 Å². The van der Waals surface area contributed by atoms with Gasteiger partial charge in [-0.3, -0.25) is 9.10 Å². The molecule has 6 heteroatoms. The summed E-state index contributed by atoms with van der Waals surface area (Å²) in [6.07, 6.45) is 6.77. The van der Waals surface area contributed by atoms with Crippen LogP contribution in [0.1, 0.15) is 76.0 Å². The Labute approximate surface area is 215 Å². The van der Waals surface area contributed by atoms with E-state index in [1.807, 2.05) is 44.2 Å². The normalized spacial score (nSPS) is 14.1. The molecule has 0 spiro atoms. The molecule has 1 atom stereocenters. The molecule has 36 heavy (non-hydrogen) atoms. The quantitative estimate of drug-likeness (QED) is 0.407. The van der Waals surface area contributed by atoms with E-state index in [4.69, 9.17) is 0 Å². The highest BCUT2D eigenvalue weighted by molar-refractivity contribution is 7.92. The summed E-state index contributed by atoms with van der Waals surface area (Å²) in [7, 11) is -3.48. The number of nitrogens with one attached hydrogen (secondary N) is 1. The van der Waals surface area contributed by atoms with E-state index in [0.717, 1.165) is 41.5 Å². The molecule has 1 aliphatic rings. The Bertz CT molecular complexity index is 1350. The van der Waals surface area contributed by atoms with Crippen LogP contribution in [0.25, 0.3) is 0 Å². The first-order chi connectivity index (χ1) is 17.2. The zero-order chi connectivity index (χ0) is 25.9. The number of rotatable bonds is 8. The standard InChI is InChI=1S/C30H36N2O3S/c1-5-28(27-17-16-24-8-6-7-9-26(24)19-27)31-30(33)25-14-12-23(13-15-25)20-32(36(4,34)35)29-18-21(2)10-11-22(29)3/h10-19,28H,5-9,20H2,1-4H3,(H,31,33)/t28-/m1/s1. The molecule has 1 aliphatic carbocycles. The minimum Gasteiger partial charge on any atom is -0.345 e. The average molecular weight is 505 g/mol. The molecule has 0 bridgehead atoms. The number of hydrogen-bond acceptors (Lipinski definition) is 3. The van der Waals surface area contributed by atoms with Gasteiger partial charge in [0, 0.05) is 5.56 Å². The number of fused-ring (bicyclic) bond motifs is 1. The fraction of sp³-hybridized carbons (Fsp3) is 0.367. The maximum absolute atomic E-state index is 13.1. The third-order valence-corrected chi connectivity index (χ3v) is 8.19. The Morgan fingerprint density at radius 3 is 2.31 bits per heavy atom. The lowest BCUT2D eigenvalue weighted by atomic mass is 9.88. The molecule has 3 aromatic carbocycles. The van der Waals surface area contributed by atoms with Gasteiger partial charge in [0.05, 0.1) is 24.5 Å². The van der Waals surface area contributed by atoms with Crippen LogP contribution in [-0.4, -0.2) is 20.6 Å². The molecule has 0 saturated heterocycles. The van der Waals surface area contributed by atoms with Crippen molar-refractivity contribution >= 4 is 21.6 Å². The van der Waals surface area contributed by atoms with Crippen molar-refractivity contribution in [3.05, 3.63) is 99.6 Å². The van der Waals surface area contributed by atoms with E-state index >= 15 is 0 Å². The van der Waals surface area contributed by atoms with E-state index in [1.54, 1.807) is 12.1 Å². The molecule has 0 saturated carbocycles. The number of carbonyl (C=O) groups is 1. The Balaban J connectivity index is 1.49. The van der Waals surface area contributed by atoms with Gasteiger partial charge >= 0.3 is 0 Å². The number of anilines is 1. The van der Waals surface area contributed by atoms with E-state index in [1.165, 1.54) is 34.5 Å². The molecule has 0 radical (unpaired) electrons. The fourth-order valence-corrected chi connectivity index (χ4v) is 5.87. The molecule has 1 N–H and O–H groups in total. The largest absolute Gasteiger partial charge is 0.345 e. The fourth-order valence-electron chi connectivity index (χ4n) is 4.93. The summed E-state index contributed by atoms with van der Waals surface area (Å²) in [5, 5.41) is 3.18. The van der Waals surface area contributed by atoms with Crippen LogP contribution in [0.15, 0.2) is 60.7 Å². The van der Waals surface area contributed by atoms with Gasteiger partial charge in [-0.15, -0.1) is 0 Å². The lowest BCUT2D eigenvalue weighted by molar-refractivity contribution is 0.0935. The van der Waals surface area contributed by atoms with Crippen molar-refractivity contribution in [1.29, 1.82) is 0 Å². The number of amides is 1. The summed E-state index contributed by atoms with van der Waals surface area (Å²) in [6, 6.07) is 19.6. The highest BCUT2D eigenvalue weighted by atomic mass is 32.2. The summed E-state index contributed by atoms with van der Waals surface area (Å²) in [6.45, 7) is 6.15. The predicted molar refractivity (Wildman–Crippen MR) is 147 cm³/mol. The van der Waals surface area contributed by atoms with E-state index in [-0.39, 0.29) is 18.5 Å². The molecule has 0 fully saturated rings. The van der Waals surface area contributed by atoms with Gasteiger partial charge in [-0.2, -0.15) is 0 Å². The van der Waals surface area contributed by atoms with Gasteiger partial charge in [0.1, 0.15) is 0 Å². The van der Waals surface area contributed by atoms with Crippen molar-refractivity contribution in [3.63, 3.8) is 0 Å². The van der Waals surface area contributed by atoms with Crippen LogP contribution in [0, 0.1) is 13.8 Å². The molecule has 0 heterocycles. The number of benzene rings is 3. The van der Waals surface area contributed by atoms with Crippen LogP contribution >= 0.6 is 0 Å².